The number of hydrogen-bond donors (Lipinski definition) is 2. The van der Waals surface area contributed by atoms with Crippen molar-refractivity contribution >= 4 is 49.0 Å². The molecule has 4 rings (SSSR count). The summed E-state index contributed by atoms with van der Waals surface area (Å²) >= 11 is 1.32. The minimum absolute atomic E-state index is 0.141. The Balaban J connectivity index is 1.60. The van der Waals surface area contributed by atoms with Crippen LogP contribution in [0.3, 0.4) is 0 Å². The van der Waals surface area contributed by atoms with E-state index in [-0.39, 0.29) is 10.6 Å². The fraction of sp³-hybridized carbons (Fsp3) is 0. The van der Waals surface area contributed by atoms with E-state index in [9.17, 15) is 13.5 Å². The Morgan fingerprint density at radius 2 is 1.71 bits per heavy atom. The van der Waals surface area contributed by atoms with Gasteiger partial charge in [-0.2, -0.15) is 0 Å². The van der Waals surface area contributed by atoms with Gasteiger partial charge in [-0.15, -0.1) is 11.3 Å². The van der Waals surface area contributed by atoms with Crippen molar-refractivity contribution in [3.05, 3.63) is 83.7 Å². The minimum atomic E-state index is -3.63. The molecule has 0 amide bonds. The van der Waals surface area contributed by atoms with E-state index < -0.39 is 10.0 Å². The first-order valence-corrected chi connectivity index (χ1v) is 10.8. The summed E-state index contributed by atoms with van der Waals surface area (Å²) in [5.74, 6) is 0.141. The quantitative estimate of drug-likeness (QED) is 0.448. The molecule has 0 aliphatic carbocycles. The molecule has 0 radical (unpaired) electrons. The van der Waals surface area contributed by atoms with Crippen molar-refractivity contribution < 1.29 is 13.5 Å². The van der Waals surface area contributed by atoms with Gasteiger partial charge in [0.05, 0.1) is 10.6 Å². The van der Waals surface area contributed by atoms with Gasteiger partial charge in [0.15, 0.2) is 0 Å². The third kappa shape index (κ3) is 3.76. The molecule has 1 heterocycles. The predicted molar refractivity (Wildman–Crippen MR) is 114 cm³/mol. The molecule has 0 spiro atoms. The Morgan fingerprint density at radius 1 is 0.929 bits per heavy atom. The van der Waals surface area contributed by atoms with Gasteiger partial charge in [-0.25, -0.2) is 8.42 Å². The van der Waals surface area contributed by atoms with Crippen LogP contribution < -0.4 is 4.72 Å². The second-order valence-corrected chi connectivity index (χ2v) is 8.68. The molecule has 7 heteroatoms. The summed E-state index contributed by atoms with van der Waals surface area (Å²) in [5.41, 5.74) is 1.21. The molecule has 0 saturated carbocycles. The SMILES string of the molecule is O=S(=O)(Nc1cccs1)c1ccc(N=Cc2c(O)ccc3ccccc23)cc1. The van der Waals surface area contributed by atoms with Crippen LogP contribution in [0.1, 0.15) is 5.56 Å². The molecule has 0 aliphatic heterocycles. The van der Waals surface area contributed by atoms with Crippen LogP contribution >= 0.6 is 11.3 Å². The van der Waals surface area contributed by atoms with Crippen molar-refractivity contribution in [1.29, 1.82) is 0 Å². The van der Waals surface area contributed by atoms with Gasteiger partial charge in [-0.1, -0.05) is 30.3 Å². The zero-order chi connectivity index (χ0) is 19.6. The standard InChI is InChI=1S/C21H16N2O3S2/c24-20-12-7-15-4-1-2-5-18(15)19(20)14-22-16-8-10-17(11-9-16)28(25,26)23-21-6-3-13-27-21/h1-14,23-24H. The lowest BCUT2D eigenvalue weighted by Gasteiger charge is -2.06. The number of anilines is 1. The summed E-state index contributed by atoms with van der Waals surface area (Å²) in [5, 5.41) is 14.4. The highest BCUT2D eigenvalue weighted by Crippen LogP contribution is 2.27. The topological polar surface area (TPSA) is 78.8 Å². The Hall–Kier alpha value is -3.16. The lowest BCUT2D eigenvalue weighted by molar-refractivity contribution is 0.475. The second kappa shape index (κ2) is 7.46. The van der Waals surface area contributed by atoms with Crippen molar-refractivity contribution in [3.8, 4) is 5.75 Å². The number of rotatable bonds is 5. The largest absolute Gasteiger partial charge is 0.507 e. The molecule has 140 valence electrons. The fourth-order valence-electron chi connectivity index (χ4n) is 2.80. The van der Waals surface area contributed by atoms with E-state index in [1.807, 2.05) is 30.3 Å². The van der Waals surface area contributed by atoms with E-state index in [0.29, 0.717) is 16.3 Å². The predicted octanol–water partition coefficient (Wildman–Crippen LogP) is 5.16. The number of benzene rings is 3. The van der Waals surface area contributed by atoms with Crippen molar-refractivity contribution in [1.82, 2.24) is 0 Å². The third-order valence-corrected chi connectivity index (χ3v) is 6.49. The number of sulfonamides is 1. The summed E-state index contributed by atoms with van der Waals surface area (Å²) < 4.78 is 27.3. The minimum Gasteiger partial charge on any atom is -0.507 e. The van der Waals surface area contributed by atoms with Gasteiger partial charge in [0.2, 0.25) is 0 Å². The average molecular weight is 409 g/mol. The van der Waals surface area contributed by atoms with Gasteiger partial charge in [-0.3, -0.25) is 9.71 Å². The van der Waals surface area contributed by atoms with Gasteiger partial charge < -0.3 is 5.11 Å². The zero-order valence-corrected chi connectivity index (χ0v) is 16.2. The summed E-state index contributed by atoms with van der Waals surface area (Å²) in [4.78, 5) is 4.55. The summed E-state index contributed by atoms with van der Waals surface area (Å²) in [6, 6.07) is 21.0. The lowest BCUT2D eigenvalue weighted by atomic mass is 10.0. The molecule has 0 unspecified atom stereocenters. The monoisotopic (exact) mass is 408 g/mol. The lowest BCUT2D eigenvalue weighted by Crippen LogP contribution is -2.11. The molecule has 0 fully saturated rings. The number of aromatic hydroxyl groups is 1. The van der Waals surface area contributed by atoms with E-state index in [2.05, 4.69) is 9.71 Å². The van der Waals surface area contributed by atoms with Crippen LogP contribution in [0.5, 0.6) is 5.75 Å². The molecule has 0 bridgehead atoms. The van der Waals surface area contributed by atoms with E-state index in [4.69, 9.17) is 0 Å². The highest BCUT2D eigenvalue weighted by Gasteiger charge is 2.14. The van der Waals surface area contributed by atoms with Crippen molar-refractivity contribution in [3.63, 3.8) is 0 Å². The number of nitrogens with zero attached hydrogens (tertiary/aromatic N) is 1. The fourth-order valence-corrected chi connectivity index (χ4v) is 4.73. The van der Waals surface area contributed by atoms with Gasteiger partial charge in [0.1, 0.15) is 10.8 Å². The normalized spacial score (nSPS) is 11.9. The van der Waals surface area contributed by atoms with Crippen LogP contribution in [-0.4, -0.2) is 19.7 Å². The van der Waals surface area contributed by atoms with E-state index in [1.165, 1.54) is 23.5 Å². The molecule has 1 aromatic heterocycles. The first kappa shape index (κ1) is 18.2. The van der Waals surface area contributed by atoms with Crippen LogP contribution in [0.25, 0.3) is 10.8 Å². The smallest absolute Gasteiger partial charge is 0.262 e. The van der Waals surface area contributed by atoms with Crippen molar-refractivity contribution in [2.75, 3.05) is 4.72 Å². The molecule has 5 nitrogen and oxygen atoms in total. The second-order valence-electron chi connectivity index (χ2n) is 6.05. The van der Waals surface area contributed by atoms with Gasteiger partial charge in [0.25, 0.3) is 10.0 Å². The molecule has 3 aromatic carbocycles. The summed E-state index contributed by atoms with van der Waals surface area (Å²) in [6.07, 6.45) is 1.59. The molecule has 28 heavy (non-hydrogen) atoms. The molecule has 0 saturated heterocycles. The summed E-state index contributed by atoms with van der Waals surface area (Å²) in [7, 11) is -3.63. The van der Waals surface area contributed by atoms with E-state index in [1.54, 1.807) is 41.9 Å². The van der Waals surface area contributed by atoms with E-state index in [0.717, 1.165) is 10.8 Å². The maximum atomic E-state index is 12.4. The Morgan fingerprint density at radius 3 is 2.46 bits per heavy atom. The van der Waals surface area contributed by atoms with Crippen LogP contribution in [0.4, 0.5) is 10.7 Å². The van der Waals surface area contributed by atoms with Gasteiger partial charge >= 0.3 is 0 Å². The van der Waals surface area contributed by atoms with Crippen LogP contribution in [0.15, 0.2) is 88.1 Å². The Bertz CT molecular complexity index is 1250. The van der Waals surface area contributed by atoms with Crippen LogP contribution in [-0.2, 0) is 10.0 Å². The van der Waals surface area contributed by atoms with Crippen LogP contribution in [0.2, 0.25) is 0 Å². The first-order valence-electron chi connectivity index (χ1n) is 8.44. The maximum Gasteiger partial charge on any atom is 0.262 e. The molecular weight excluding hydrogens is 392 g/mol. The number of nitrogens with one attached hydrogen (secondary N) is 1. The molecule has 0 atom stereocenters. The van der Waals surface area contributed by atoms with Crippen LogP contribution in [0, 0.1) is 0 Å². The number of thiophene rings is 1. The zero-order valence-electron chi connectivity index (χ0n) is 14.6. The maximum absolute atomic E-state index is 12.4. The first-order chi connectivity index (χ1) is 13.5. The van der Waals surface area contributed by atoms with E-state index >= 15 is 0 Å². The van der Waals surface area contributed by atoms with Gasteiger partial charge in [0, 0.05) is 11.8 Å². The number of hydrogen-bond acceptors (Lipinski definition) is 5. The van der Waals surface area contributed by atoms with Crippen molar-refractivity contribution in [2.24, 2.45) is 4.99 Å². The average Bonchev–Trinajstić information content (AvgIpc) is 3.20. The Labute approximate surface area is 166 Å². The highest BCUT2D eigenvalue weighted by atomic mass is 32.2. The summed E-state index contributed by atoms with van der Waals surface area (Å²) in [6.45, 7) is 0. The third-order valence-electron chi connectivity index (χ3n) is 4.19. The highest BCUT2D eigenvalue weighted by molar-refractivity contribution is 7.93. The van der Waals surface area contributed by atoms with Gasteiger partial charge in [-0.05, 0) is 58.6 Å². The molecule has 4 aromatic rings. The number of aliphatic imine (C=N–C) groups is 1. The number of phenols is 1. The number of phenolic OH excluding ortho intramolecular Hbond substituents is 1. The Kier molecular flexibility index (Phi) is 4.85. The molecule has 2 N–H and O–H groups in total. The molecule has 0 aliphatic rings. The van der Waals surface area contributed by atoms with Crippen molar-refractivity contribution in [2.45, 2.75) is 4.90 Å². The number of fused-ring (bicyclic) bond motifs is 1. The molecular formula is C21H16N2O3S2.